The molecule has 0 aliphatic carbocycles. The molecule has 172 valence electrons. The molecule has 1 saturated heterocycles. The van der Waals surface area contributed by atoms with Gasteiger partial charge < -0.3 is 19.8 Å². The number of anilines is 1. The fourth-order valence-electron chi connectivity index (χ4n) is 3.16. The number of carboxylic acids is 2. The second kappa shape index (κ2) is 11.1. The summed E-state index contributed by atoms with van der Waals surface area (Å²) in [5.74, 6) is -0.960. The molecule has 3 N–H and O–H groups in total. The molecule has 3 heterocycles. The van der Waals surface area contributed by atoms with Crippen LogP contribution in [-0.2, 0) is 27.3 Å². The average Bonchev–Trinajstić information content (AvgIpc) is 2.97. The number of ether oxygens (including phenoxy) is 1. The van der Waals surface area contributed by atoms with E-state index in [1.807, 2.05) is 36.4 Å². The lowest BCUT2D eigenvalue weighted by molar-refractivity contribution is -0.134. The summed E-state index contributed by atoms with van der Waals surface area (Å²) in [6.07, 6.45) is 3.42. The topological polar surface area (TPSA) is 146 Å². The van der Waals surface area contributed by atoms with Crippen molar-refractivity contribution in [2.24, 2.45) is 0 Å². The first-order valence-electron chi connectivity index (χ1n) is 9.88. The highest BCUT2D eigenvalue weighted by Gasteiger charge is 2.31. The minimum Gasteiger partial charge on any atom is -0.491 e. The summed E-state index contributed by atoms with van der Waals surface area (Å²) in [4.78, 5) is 48.7. The van der Waals surface area contributed by atoms with Crippen LogP contribution in [0, 0.1) is 0 Å². The quantitative estimate of drug-likeness (QED) is 0.554. The summed E-state index contributed by atoms with van der Waals surface area (Å²) in [5, 5.41) is 17.3. The Morgan fingerprint density at radius 3 is 2.55 bits per heavy atom. The smallest absolute Gasteiger partial charge is 0.328 e. The molecule has 10 nitrogen and oxygen atoms in total. The zero-order chi connectivity index (χ0) is 23.8. The van der Waals surface area contributed by atoms with Gasteiger partial charge in [-0.2, -0.15) is 0 Å². The van der Waals surface area contributed by atoms with Crippen LogP contribution in [0.1, 0.15) is 11.1 Å². The van der Waals surface area contributed by atoms with Gasteiger partial charge in [-0.3, -0.25) is 14.9 Å². The molecule has 1 atom stereocenters. The normalized spacial score (nSPS) is 17.3. The first kappa shape index (κ1) is 23.8. The molecule has 2 aliphatic rings. The molecule has 2 amide bonds. The maximum atomic E-state index is 11.7. The standard InChI is InChI=1S/C18H17N3O3S.C4H4O4/c22-17-15(25-18(23)20-17)10-12-4-5-13-11-21(7-8-24-14(13)9-12)16-3-1-2-6-19-16;5-3(6)1-2-4(7)8/h1-6,9,15H,7-8,10-11H2,(H,20,22,23);1-2H,(H,5,6)(H,7,8)/b;2-1-. The Morgan fingerprint density at radius 1 is 1.18 bits per heavy atom. The van der Waals surface area contributed by atoms with E-state index in [2.05, 4.69) is 15.2 Å². The van der Waals surface area contributed by atoms with Gasteiger partial charge in [-0.1, -0.05) is 30.0 Å². The number of benzene rings is 1. The summed E-state index contributed by atoms with van der Waals surface area (Å²) in [6.45, 7) is 2.06. The lowest BCUT2D eigenvalue weighted by atomic mass is 10.1. The highest BCUT2D eigenvalue weighted by Crippen LogP contribution is 2.29. The molecule has 1 fully saturated rings. The number of pyridine rings is 1. The van der Waals surface area contributed by atoms with E-state index >= 15 is 0 Å². The van der Waals surface area contributed by atoms with E-state index in [1.165, 1.54) is 0 Å². The number of carboxylic acid groups (broad SMARTS) is 2. The van der Waals surface area contributed by atoms with E-state index in [9.17, 15) is 19.2 Å². The third-order valence-corrected chi connectivity index (χ3v) is 5.62. The van der Waals surface area contributed by atoms with Gasteiger partial charge in [0.05, 0.1) is 11.8 Å². The van der Waals surface area contributed by atoms with Crippen LogP contribution in [-0.4, -0.2) is 56.7 Å². The molecule has 1 aromatic heterocycles. The summed E-state index contributed by atoms with van der Waals surface area (Å²) in [7, 11) is 0. The Labute approximate surface area is 193 Å². The Balaban J connectivity index is 0.000000331. The Kier molecular flexibility index (Phi) is 8.03. The Hall–Kier alpha value is -3.86. The van der Waals surface area contributed by atoms with E-state index < -0.39 is 11.9 Å². The van der Waals surface area contributed by atoms with Crippen LogP contribution in [0.5, 0.6) is 5.75 Å². The van der Waals surface area contributed by atoms with Crippen molar-refractivity contribution in [1.29, 1.82) is 0 Å². The fraction of sp³-hybridized carbons (Fsp3) is 0.227. The predicted molar refractivity (Wildman–Crippen MR) is 120 cm³/mol. The maximum Gasteiger partial charge on any atom is 0.328 e. The van der Waals surface area contributed by atoms with Crippen LogP contribution in [0.4, 0.5) is 10.6 Å². The number of aromatic nitrogens is 1. The van der Waals surface area contributed by atoms with Gasteiger partial charge in [-0.05, 0) is 30.2 Å². The molecule has 0 radical (unpaired) electrons. The fourth-order valence-corrected chi connectivity index (χ4v) is 4.02. The number of amides is 2. The van der Waals surface area contributed by atoms with Crippen molar-refractivity contribution in [2.75, 3.05) is 18.1 Å². The third-order valence-electron chi connectivity index (χ3n) is 4.64. The van der Waals surface area contributed by atoms with Gasteiger partial charge in [-0.25, -0.2) is 14.6 Å². The second-order valence-electron chi connectivity index (χ2n) is 7.00. The summed E-state index contributed by atoms with van der Waals surface area (Å²) >= 11 is 1.05. The number of carbonyl (C=O) groups excluding carboxylic acids is 2. The molecule has 1 aromatic carbocycles. The lowest BCUT2D eigenvalue weighted by Crippen LogP contribution is -2.25. The first-order chi connectivity index (χ1) is 15.8. The van der Waals surface area contributed by atoms with Crippen molar-refractivity contribution in [3.63, 3.8) is 0 Å². The molecule has 33 heavy (non-hydrogen) atoms. The molecule has 2 aliphatic heterocycles. The first-order valence-corrected chi connectivity index (χ1v) is 10.8. The molecule has 1 unspecified atom stereocenters. The van der Waals surface area contributed by atoms with E-state index in [4.69, 9.17) is 14.9 Å². The molecule has 0 spiro atoms. The SMILES string of the molecule is O=C(O)/C=C\C(=O)O.O=C1NC(=O)C(Cc2ccc3c(c2)OCCN(c2ccccn2)C3)S1. The molecule has 4 rings (SSSR count). The van der Waals surface area contributed by atoms with Gasteiger partial charge in [-0.15, -0.1) is 0 Å². The number of thioether (sulfide) groups is 1. The van der Waals surface area contributed by atoms with Crippen LogP contribution in [0.3, 0.4) is 0 Å². The molecular formula is C22H21N3O7S. The number of hydrogen-bond acceptors (Lipinski definition) is 8. The molecule has 2 aromatic rings. The van der Waals surface area contributed by atoms with Gasteiger partial charge in [0.25, 0.3) is 5.24 Å². The van der Waals surface area contributed by atoms with Gasteiger partial charge >= 0.3 is 11.9 Å². The van der Waals surface area contributed by atoms with Crippen LogP contribution in [0.2, 0.25) is 0 Å². The van der Waals surface area contributed by atoms with Crippen LogP contribution >= 0.6 is 11.8 Å². The second-order valence-corrected chi connectivity index (χ2v) is 8.17. The summed E-state index contributed by atoms with van der Waals surface area (Å²) < 4.78 is 5.91. The Bertz CT molecular complexity index is 1060. The highest BCUT2D eigenvalue weighted by molar-refractivity contribution is 8.15. The van der Waals surface area contributed by atoms with Crippen molar-refractivity contribution in [3.8, 4) is 5.75 Å². The van der Waals surface area contributed by atoms with Crippen molar-refractivity contribution in [2.45, 2.75) is 18.2 Å². The van der Waals surface area contributed by atoms with Crippen molar-refractivity contribution in [1.82, 2.24) is 10.3 Å². The summed E-state index contributed by atoms with van der Waals surface area (Å²) in [5.41, 5.74) is 2.08. The minimum atomic E-state index is -1.26. The van der Waals surface area contributed by atoms with Gasteiger partial charge in [0.2, 0.25) is 5.91 Å². The summed E-state index contributed by atoms with van der Waals surface area (Å²) in [6, 6.07) is 11.9. The number of carbonyl (C=O) groups is 4. The third kappa shape index (κ3) is 7.07. The van der Waals surface area contributed by atoms with Crippen LogP contribution in [0.15, 0.2) is 54.7 Å². The maximum absolute atomic E-state index is 11.7. The number of rotatable bonds is 5. The lowest BCUT2D eigenvalue weighted by Gasteiger charge is -2.20. The number of nitrogens with one attached hydrogen (secondary N) is 1. The minimum absolute atomic E-state index is 0.216. The van der Waals surface area contributed by atoms with Gasteiger partial charge in [0.1, 0.15) is 18.2 Å². The van der Waals surface area contributed by atoms with E-state index in [0.717, 1.165) is 47.5 Å². The van der Waals surface area contributed by atoms with E-state index in [0.29, 0.717) is 25.2 Å². The zero-order valence-corrected chi connectivity index (χ0v) is 18.2. The van der Waals surface area contributed by atoms with Crippen molar-refractivity contribution >= 4 is 40.7 Å². The molecule has 0 saturated carbocycles. The van der Waals surface area contributed by atoms with Crippen molar-refractivity contribution in [3.05, 3.63) is 65.9 Å². The molecular weight excluding hydrogens is 450 g/mol. The number of hydrogen-bond donors (Lipinski definition) is 3. The van der Waals surface area contributed by atoms with Gasteiger partial charge in [0.15, 0.2) is 0 Å². The largest absolute Gasteiger partial charge is 0.491 e. The van der Waals surface area contributed by atoms with E-state index in [-0.39, 0.29) is 16.4 Å². The predicted octanol–water partition coefficient (Wildman–Crippen LogP) is 2.09. The van der Waals surface area contributed by atoms with Crippen LogP contribution < -0.4 is 15.0 Å². The van der Waals surface area contributed by atoms with Crippen LogP contribution in [0.25, 0.3) is 0 Å². The monoisotopic (exact) mass is 471 g/mol. The molecule has 11 heteroatoms. The van der Waals surface area contributed by atoms with Crippen molar-refractivity contribution < 1.29 is 34.1 Å². The number of aliphatic carboxylic acids is 2. The van der Waals surface area contributed by atoms with Gasteiger partial charge in [0, 0.05) is 30.5 Å². The highest BCUT2D eigenvalue weighted by atomic mass is 32.2. The zero-order valence-electron chi connectivity index (χ0n) is 17.3. The molecule has 0 bridgehead atoms. The Morgan fingerprint density at radius 2 is 1.94 bits per heavy atom. The van der Waals surface area contributed by atoms with E-state index in [1.54, 1.807) is 6.20 Å². The number of imide groups is 1. The average molecular weight is 471 g/mol. The number of nitrogens with zero attached hydrogens (tertiary/aromatic N) is 2. The number of fused-ring (bicyclic) bond motifs is 1.